The van der Waals surface area contributed by atoms with Crippen LogP contribution in [0.15, 0.2) is 51.4 Å². The van der Waals surface area contributed by atoms with E-state index in [0.29, 0.717) is 17.1 Å². The van der Waals surface area contributed by atoms with Gasteiger partial charge in [0.25, 0.3) is 11.4 Å². The van der Waals surface area contributed by atoms with Gasteiger partial charge >= 0.3 is 0 Å². The van der Waals surface area contributed by atoms with Crippen molar-refractivity contribution in [2.24, 2.45) is 0 Å². The summed E-state index contributed by atoms with van der Waals surface area (Å²) in [5.41, 5.74) is 1.92. The molecule has 0 unspecified atom stereocenters. The standard InChI is InChI=1S/C16H12N4O2S/c1-10-2-4-11(5-3-10)14-18-13(19-22-14)8-20-9-17-15-12(16(20)21)6-7-23-15/h2-7,9H,8H2,1H3. The zero-order chi connectivity index (χ0) is 15.8. The van der Waals surface area contributed by atoms with Crippen LogP contribution >= 0.6 is 11.3 Å². The number of aryl methyl sites for hydroxylation is 1. The van der Waals surface area contributed by atoms with Crippen LogP contribution in [0.3, 0.4) is 0 Å². The predicted octanol–water partition coefficient (Wildman–Crippen LogP) is 2.86. The Morgan fingerprint density at radius 2 is 2.04 bits per heavy atom. The van der Waals surface area contributed by atoms with Crippen molar-refractivity contribution in [2.45, 2.75) is 13.5 Å². The predicted molar refractivity (Wildman–Crippen MR) is 87.5 cm³/mol. The van der Waals surface area contributed by atoms with E-state index in [1.807, 2.05) is 36.6 Å². The van der Waals surface area contributed by atoms with Crippen LogP contribution in [0.2, 0.25) is 0 Å². The monoisotopic (exact) mass is 324 g/mol. The smallest absolute Gasteiger partial charge is 0.262 e. The van der Waals surface area contributed by atoms with Gasteiger partial charge in [0.2, 0.25) is 0 Å². The molecule has 23 heavy (non-hydrogen) atoms. The van der Waals surface area contributed by atoms with Crippen molar-refractivity contribution in [2.75, 3.05) is 0 Å². The first-order valence-electron chi connectivity index (χ1n) is 7.03. The van der Waals surface area contributed by atoms with Crippen molar-refractivity contribution < 1.29 is 4.52 Å². The molecule has 0 aliphatic heterocycles. The summed E-state index contributed by atoms with van der Waals surface area (Å²) in [6, 6.07) is 9.60. The van der Waals surface area contributed by atoms with Gasteiger partial charge in [0.15, 0.2) is 5.82 Å². The third-order valence-corrected chi connectivity index (χ3v) is 4.35. The number of benzene rings is 1. The molecule has 4 rings (SSSR count). The fourth-order valence-electron chi connectivity index (χ4n) is 2.29. The molecule has 6 nitrogen and oxygen atoms in total. The van der Waals surface area contributed by atoms with Crippen molar-refractivity contribution in [3.8, 4) is 11.5 Å². The van der Waals surface area contributed by atoms with Gasteiger partial charge in [-0.15, -0.1) is 11.3 Å². The highest BCUT2D eigenvalue weighted by Gasteiger charge is 2.11. The van der Waals surface area contributed by atoms with Gasteiger partial charge in [0.05, 0.1) is 18.3 Å². The van der Waals surface area contributed by atoms with Gasteiger partial charge in [-0.25, -0.2) is 4.98 Å². The van der Waals surface area contributed by atoms with Crippen LogP contribution in [0.5, 0.6) is 0 Å². The van der Waals surface area contributed by atoms with Gasteiger partial charge in [0.1, 0.15) is 4.83 Å². The van der Waals surface area contributed by atoms with E-state index >= 15 is 0 Å². The average molecular weight is 324 g/mol. The Morgan fingerprint density at radius 1 is 1.22 bits per heavy atom. The first-order valence-corrected chi connectivity index (χ1v) is 7.91. The molecular formula is C16H12N4O2S. The Hall–Kier alpha value is -2.80. The van der Waals surface area contributed by atoms with Crippen molar-refractivity contribution in [3.05, 3.63) is 63.8 Å². The van der Waals surface area contributed by atoms with E-state index in [9.17, 15) is 4.79 Å². The van der Waals surface area contributed by atoms with E-state index in [0.717, 1.165) is 16.0 Å². The molecule has 3 heterocycles. The summed E-state index contributed by atoms with van der Waals surface area (Å²) in [5, 5.41) is 6.41. The van der Waals surface area contributed by atoms with Gasteiger partial charge in [-0.1, -0.05) is 22.9 Å². The second-order valence-corrected chi connectivity index (χ2v) is 6.09. The fraction of sp³-hybridized carbons (Fsp3) is 0.125. The van der Waals surface area contributed by atoms with Crippen LogP contribution in [0, 0.1) is 6.92 Å². The third-order valence-electron chi connectivity index (χ3n) is 3.53. The number of aromatic nitrogens is 4. The topological polar surface area (TPSA) is 73.8 Å². The van der Waals surface area contributed by atoms with Crippen LogP contribution in [-0.4, -0.2) is 19.7 Å². The molecule has 7 heteroatoms. The van der Waals surface area contributed by atoms with Gasteiger partial charge in [-0.3, -0.25) is 9.36 Å². The summed E-state index contributed by atoms with van der Waals surface area (Å²) in [6.45, 7) is 2.25. The van der Waals surface area contributed by atoms with Gasteiger partial charge in [-0.2, -0.15) is 4.98 Å². The highest BCUT2D eigenvalue weighted by Crippen LogP contribution is 2.18. The molecule has 0 spiro atoms. The minimum atomic E-state index is -0.0991. The molecule has 0 N–H and O–H groups in total. The fourth-order valence-corrected chi connectivity index (χ4v) is 3.01. The van der Waals surface area contributed by atoms with E-state index in [1.165, 1.54) is 22.2 Å². The maximum Gasteiger partial charge on any atom is 0.262 e. The highest BCUT2D eigenvalue weighted by molar-refractivity contribution is 7.16. The normalized spacial score (nSPS) is 11.2. The lowest BCUT2D eigenvalue weighted by molar-refractivity contribution is 0.420. The molecule has 0 saturated carbocycles. The van der Waals surface area contributed by atoms with Crippen molar-refractivity contribution in [1.29, 1.82) is 0 Å². The van der Waals surface area contributed by atoms with Crippen molar-refractivity contribution in [3.63, 3.8) is 0 Å². The molecule has 0 fully saturated rings. The summed E-state index contributed by atoms with van der Waals surface area (Å²) < 4.78 is 6.77. The first kappa shape index (κ1) is 13.8. The Kier molecular flexibility index (Phi) is 3.27. The van der Waals surface area contributed by atoms with Crippen molar-refractivity contribution >= 4 is 21.6 Å². The maximum atomic E-state index is 12.4. The summed E-state index contributed by atoms with van der Waals surface area (Å²) in [7, 11) is 0. The zero-order valence-corrected chi connectivity index (χ0v) is 13.1. The van der Waals surface area contributed by atoms with E-state index in [1.54, 1.807) is 6.07 Å². The molecule has 0 atom stereocenters. The summed E-state index contributed by atoms with van der Waals surface area (Å²) in [5.74, 6) is 0.886. The third kappa shape index (κ3) is 2.55. The molecule has 0 saturated heterocycles. The first-order chi connectivity index (χ1) is 11.2. The molecule has 0 radical (unpaired) electrons. The van der Waals surface area contributed by atoms with Crippen LogP contribution in [0.25, 0.3) is 21.7 Å². The van der Waals surface area contributed by atoms with Crippen molar-refractivity contribution in [1.82, 2.24) is 19.7 Å². The number of nitrogens with zero attached hydrogens (tertiary/aromatic N) is 4. The average Bonchev–Trinajstić information content (AvgIpc) is 3.20. The molecular weight excluding hydrogens is 312 g/mol. The van der Waals surface area contributed by atoms with E-state index in [2.05, 4.69) is 15.1 Å². The summed E-state index contributed by atoms with van der Waals surface area (Å²) in [6.07, 6.45) is 1.52. The molecule has 0 bridgehead atoms. The zero-order valence-electron chi connectivity index (χ0n) is 12.3. The van der Waals surface area contributed by atoms with Crippen LogP contribution in [-0.2, 0) is 6.54 Å². The molecule has 0 amide bonds. The lowest BCUT2D eigenvalue weighted by Gasteiger charge is -2.00. The second kappa shape index (κ2) is 5.44. The number of thiophene rings is 1. The van der Waals surface area contributed by atoms with Gasteiger partial charge in [-0.05, 0) is 30.5 Å². The largest absolute Gasteiger partial charge is 0.334 e. The van der Waals surface area contributed by atoms with Gasteiger partial charge in [0, 0.05) is 5.56 Å². The van der Waals surface area contributed by atoms with Crippen LogP contribution < -0.4 is 5.56 Å². The SMILES string of the molecule is Cc1ccc(-c2nc(Cn3cnc4sccc4c3=O)no2)cc1. The Labute approximate surface area is 135 Å². The number of rotatable bonds is 3. The quantitative estimate of drug-likeness (QED) is 0.579. The van der Waals surface area contributed by atoms with Crippen LogP contribution in [0.4, 0.5) is 0 Å². The Bertz CT molecular complexity index is 1030. The second-order valence-electron chi connectivity index (χ2n) is 5.20. The Balaban J connectivity index is 1.65. The van der Waals surface area contributed by atoms with Crippen LogP contribution in [0.1, 0.15) is 11.4 Å². The molecule has 0 aliphatic rings. The highest BCUT2D eigenvalue weighted by atomic mass is 32.1. The molecule has 4 aromatic rings. The molecule has 0 aliphatic carbocycles. The molecule has 114 valence electrons. The lowest BCUT2D eigenvalue weighted by atomic mass is 10.1. The molecule has 3 aromatic heterocycles. The lowest BCUT2D eigenvalue weighted by Crippen LogP contribution is -2.21. The molecule has 1 aromatic carbocycles. The Morgan fingerprint density at radius 3 is 2.87 bits per heavy atom. The summed E-state index contributed by atoms with van der Waals surface area (Å²) in [4.78, 5) is 21.7. The number of hydrogen-bond donors (Lipinski definition) is 0. The number of fused-ring (bicyclic) bond motifs is 1. The van der Waals surface area contributed by atoms with Gasteiger partial charge < -0.3 is 4.52 Å². The summed E-state index contributed by atoms with van der Waals surface area (Å²) >= 11 is 1.44. The van der Waals surface area contributed by atoms with E-state index in [4.69, 9.17) is 4.52 Å². The minimum Gasteiger partial charge on any atom is -0.334 e. The van der Waals surface area contributed by atoms with E-state index in [-0.39, 0.29) is 12.1 Å². The number of hydrogen-bond acceptors (Lipinski definition) is 6. The van der Waals surface area contributed by atoms with E-state index < -0.39 is 0 Å². The minimum absolute atomic E-state index is 0.0991. The maximum absolute atomic E-state index is 12.4.